The lowest BCUT2D eigenvalue weighted by Gasteiger charge is -2.41. The van der Waals surface area contributed by atoms with Crippen LogP contribution in [0.5, 0.6) is 5.75 Å². The van der Waals surface area contributed by atoms with Gasteiger partial charge in [-0.15, -0.1) is 0 Å². The Morgan fingerprint density at radius 2 is 1.57 bits per heavy atom. The highest BCUT2D eigenvalue weighted by molar-refractivity contribution is 6.07. The number of rotatable bonds is 8. The minimum Gasteiger partial charge on any atom is -0.410 e. The second kappa shape index (κ2) is 16.5. The first-order chi connectivity index (χ1) is 28.0. The normalized spacial score (nSPS) is 16.7. The van der Waals surface area contributed by atoms with Crippen LogP contribution in [0.3, 0.4) is 0 Å². The van der Waals surface area contributed by atoms with Gasteiger partial charge in [-0.3, -0.25) is 14.5 Å². The molecule has 1 N–H and O–H groups in total. The molecule has 11 nitrogen and oxygen atoms in total. The summed E-state index contributed by atoms with van der Waals surface area (Å²) in [7, 11) is 5.84. The molecule has 5 aromatic rings. The lowest BCUT2D eigenvalue weighted by atomic mass is 9.89. The van der Waals surface area contributed by atoms with Gasteiger partial charge in [0.25, 0.3) is 11.8 Å². The summed E-state index contributed by atoms with van der Waals surface area (Å²) in [5.41, 5.74) is 10.5. The van der Waals surface area contributed by atoms with Gasteiger partial charge in [-0.1, -0.05) is 48.5 Å². The van der Waals surface area contributed by atoms with Gasteiger partial charge in [-0.2, -0.15) is 0 Å². The largest absolute Gasteiger partial charge is 0.415 e. The fourth-order valence-corrected chi connectivity index (χ4v) is 8.46. The molecular weight excluding hydrogens is 729 g/mol. The van der Waals surface area contributed by atoms with Crippen molar-refractivity contribution in [2.75, 3.05) is 63.7 Å². The van der Waals surface area contributed by atoms with Crippen molar-refractivity contribution in [2.24, 2.45) is 7.05 Å². The summed E-state index contributed by atoms with van der Waals surface area (Å²) in [6.45, 7) is 8.92. The molecule has 11 heteroatoms. The van der Waals surface area contributed by atoms with E-state index in [4.69, 9.17) is 9.47 Å². The van der Waals surface area contributed by atoms with Crippen molar-refractivity contribution < 1.29 is 23.9 Å². The first-order valence-electron chi connectivity index (χ1n) is 20.2. The van der Waals surface area contributed by atoms with Crippen LogP contribution < -0.4 is 15.0 Å². The Hall–Kier alpha value is -5.91. The predicted molar refractivity (Wildman–Crippen MR) is 227 cm³/mol. The van der Waals surface area contributed by atoms with Crippen molar-refractivity contribution in [1.82, 2.24) is 19.3 Å². The number of hydrogen-bond donors (Lipinski definition) is 1. The third-order valence-electron chi connectivity index (χ3n) is 12.0. The quantitative estimate of drug-likeness (QED) is 0.180. The van der Waals surface area contributed by atoms with Gasteiger partial charge in [0.05, 0.1) is 18.8 Å². The monoisotopic (exact) mass is 780 g/mol. The number of anilines is 2. The van der Waals surface area contributed by atoms with Crippen molar-refractivity contribution in [1.29, 1.82) is 0 Å². The van der Waals surface area contributed by atoms with E-state index < -0.39 is 6.09 Å². The first-order valence-corrected chi connectivity index (χ1v) is 20.2. The number of ether oxygens (including phenoxy) is 2. The van der Waals surface area contributed by atoms with Crippen molar-refractivity contribution in [3.63, 3.8) is 0 Å². The summed E-state index contributed by atoms with van der Waals surface area (Å²) in [4.78, 5) is 51.0. The zero-order valence-electron chi connectivity index (χ0n) is 34.1. The van der Waals surface area contributed by atoms with Gasteiger partial charge in [0.2, 0.25) is 0 Å². The van der Waals surface area contributed by atoms with Gasteiger partial charge in [-0.05, 0) is 90.9 Å². The number of morpholine rings is 1. The highest BCUT2D eigenvalue weighted by Crippen LogP contribution is 2.36. The minimum atomic E-state index is -0.431. The first kappa shape index (κ1) is 38.9. The van der Waals surface area contributed by atoms with Crippen molar-refractivity contribution in [2.45, 2.75) is 45.8 Å². The van der Waals surface area contributed by atoms with Gasteiger partial charge >= 0.3 is 6.09 Å². The number of aromatic nitrogens is 1. The highest BCUT2D eigenvalue weighted by atomic mass is 16.6. The fraction of sp³-hybridized carbons (Fsp3) is 0.340. The second-order valence-corrected chi connectivity index (χ2v) is 15.9. The van der Waals surface area contributed by atoms with E-state index in [-0.39, 0.29) is 17.9 Å². The number of aryl methyl sites for hydroxylation is 1. The summed E-state index contributed by atoms with van der Waals surface area (Å²) in [6, 6.07) is 29.5. The third kappa shape index (κ3) is 7.97. The molecule has 3 amide bonds. The van der Waals surface area contributed by atoms with Crippen LogP contribution in [0.15, 0.2) is 91.0 Å². The molecule has 0 saturated carbocycles. The van der Waals surface area contributed by atoms with E-state index in [9.17, 15) is 9.59 Å². The Balaban J connectivity index is 1.17. The van der Waals surface area contributed by atoms with Crippen LogP contribution in [0.4, 0.5) is 16.2 Å². The molecule has 58 heavy (non-hydrogen) atoms. The van der Waals surface area contributed by atoms with Gasteiger partial charge in [0.15, 0.2) is 0 Å². The molecule has 0 unspecified atom stereocenters. The standard InChI is InChI=1S/C47H52N6O5/c1-31-11-6-9-16-43(31)48-45(54)40-27-44(50(5)32(40)2)41-24-34-17-18-52(47(56)58-39-15-10-14-37(26-39)49(3)4)28-36(34)25-42(41)46(55)53-29-35-13-8-7-12-33(35)23-38(53)30-51-19-21-57-22-20-51/h6-16,24-27,38H,17-23,28-30H2,1-5H3,(H,48,54)/t38-/m0/s1. The smallest absolute Gasteiger partial charge is 0.410 e. The number of nitrogens with zero attached hydrogens (tertiary/aromatic N) is 5. The van der Waals surface area contributed by atoms with Crippen LogP contribution in [-0.2, 0) is 37.7 Å². The lowest BCUT2D eigenvalue weighted by molar-refractivity contribution is 0.0193. The number of carbonyl (C=O) groups is 3. The highest BCUT2D eigenvalue weighted by Gasteiger charge is 2.35. The van der Waals surface area contributed by atoms with E-state index in [1.54, 1.807) is 11.0 Å². The summed E-state index contributed by atoms with van der Waals surface area (Å²) in [5, 5.41) is 3.10. The van der Waals surface area contributed by atoms with Crippen LogP contribution in [-0.4, -0.2) is 96.7 Å². The van der Waals surface area contributed by atoms with E-state index in [2.05, 4.69) is 34.5 Å². The number of para-hydroxylation sites is 1. The molecule has 300 valence electrons. The molecule has 3 aliphatic heterocycles. The Morgan fingerprint density at radius 1 is 0.810 bits per heavy atom. The average Bonchev–Trinajstić information content (AvgIpc) is 3.53. The maximum atomic E-state index is 15.4. The topological polar surface area (TPSA) is 99.6 Å². The second-order valence-electron chi connectivity index (χ2n) is 15.9. The molecule has 1 saturated heterocycles. The van der Waals surface area contributed by atoms with Crippen molar-refractivity contribution in [3.05, 3.63) is 136 Å². The number of carbonyl (C=O) groups excluding carboxylic acids is 3. The number of amides is 3. The van der Waals surface area contributed by atoms with Crippen LogP contribution >= 0.6 is 0 Å². The average molecular weight is 781 g/mol. The number of hydrogen-bond acceptors (Lipinski definition) is 7. The number of fused-ring (bicyclic) bond motifs is 2. The van der Waals surface area contributed by atoms with Gasteiger partial charge in [-0.25, -0.2) is 4.79 Å². The molecule has 8 rings (SSSR count). The molecule has 0 radical (unpaired) electrons. The summed E-state index contributed by atoms with van der Waals surface area (Å²) < 4.78 is 13.6. The van der Waals surface area contributed by atoms with E-state index in [1.807, 2.05) is 110 Å². The minimum absolute atomic E-state index is 0.0561. The Labute approximate surface area is 340 Å². The van der Waals surface area contributed by atoms with E-state index >= 15 is 4.79 Å². The maximum Gasteiger partial charge on any atom is 0.415 e. The number of benzene rings is 4. The molecule has 3 aliphatic rings. The predicted octanol–water partition coefficient (Wildman–Crippen LogP) is 7.08. The van der Waals surface area contributed by atoms with Gasteiger partial charge in [0.1, 0.15) is 5.75 Å². The Kier molecular flexibility index (Phi) is 11.1. The molecule has 4 heterocycles. The van der Waals surface area contributed by atoms with Crippen molar-refractivity contribution in [3.8, 4) is 17.0 Å². The van der Waals surface area contributed by atoms with Crippen LogP contribution in [0.1, 0.15) is 54.2 Å². The molecular formula is C47H52N6O5. The van der Waals surface area contributed by atoms with E-state index in [1.165, 1.54) is 5.56 Å². The molecule has 1 aromatic heterocycles. The zero-order chi connectivity index (χ0) is 40.5. The van der Waals surface area contributed by atoms with Crippen LogP contribution in [0.2, 0.25) is 0 Å². The van der Waals surface area contributed by atoms with Gasteiger partial charge in [0, 0.05) is 106 Å². The zero-order valence-corrected chi connectivity index (χ0v) is 34.1. The summed E-state index contributed by atoms with van der Waals surface area (Å²) >= 11 is 0. The SMILES string of the molecule is Cc1ccccc1NC(=O)c1cc(-c2cc3c(cc2C(=O)N2Cc4ccccc4C[C@H]2CN2CCOCC2)CN(C(=O)Oc2cccc(N(C)C)c2)CC3)n(C)c1C. The van der Waals surface area contributed by atoms with Crippen molar-refractivity contribution >= 4 is 29.3 Å². The number of nitrogens with one attached hydrogen (secondary N) is 1. The molecule has 0 spiro atoms. The Bertz CT molecular complexity index is 2360. The molecule has 0 bridgehead atoms. The lowest BCUT2D eigenvalue weighted by Crippen LogP contribution is -2.52. The van der Waals surface area contributed by atoms with E-state index in [0.29, 0.717) is 56.1 Å². The van der Waals surface area contributed by atoms with Crippen LogP contribution in [0, 0.1) is 13.8 Å². The third-order valence-corrected chi connectivity index (χ3v) is 12.0. The van der Waals surface area contributed by atoms with Gasteiger partial charge < -0.3 is 34.1 Å². The summed E-state index contributed by atoms with van der Waals surface area (Å²) in [6.07, 6.45) is 0.907. The molecule has 0 aliphatic carbocycles. The fourth-order valence-electron chi connectivity index (χ4n) is 8.46. The van der Waals surface area contributed by atoms with E-state index in [0.717, 1.165) is 76.6 Å². The summed E-state index contributed by atoms with van der Waals surface area (Å²) in [5.74, 6) is 0.199. The molecule has 1 atom stereocenters. The van der Waals surface area contributed by atoms with Crippen LogP contribution in [0.25, 0.3) is 11.3 Å². The Morgan fingerprint density at radius 3 is 2.34 bits per heavy atom. The maximum absolute atomic E-state index is 15.4. The molecule has 1 fully saturated rings. The molecule has 4 aromatic carbocycles.